The summed E-state index contributed by atoms with van der Waals surface area (Å²) in [6, 6.07) is 0. The number of methoxy groups -OCH3 is 2. The maximum Gasteiger partial charge on any atom is 0.513 e. The molecular weight excluding hydrogens is 175 g/mol. The van der Waals surface area contributed by atoms with Crippen molar-refractivity contribution >= 4 is 12.7 Å². The van der Waals surface area contributed by atoms with Crippen molar-refractivity contribution in [3.05, 3.63) is 6.20 Å². The van der Waals surface area contributed by atoms with Crippen LogP contribution in [0, 0.1) is 0 Å². The molecule has 0 bridgehead atoms. The van der Waals surface area contributed by atoms with E-state index < -0.39 is 7.12 Å². The molecule has 13 heavy (non-hydrogen) atoms. The van der Waals surface area contributed by atoms with Gasteiger partial charge in [0, 0.05) is 0 Å². The monoisotopic (exact) mass is 184 g/mol. The van der Waals surface area contributed by atoms with Crippen LogP contribution in [-0.2, 0) is 0 Å². The molecule has 2 N–H and O–H groups in total. The first-order chi connectivity index (χ1) is 6.19. The molecule has 1 aromatic rings. The SMILES string of the molecule is COc1cnc(B(O)O)c(OC)n1. The van der Waals surface area contributed by atoms with E-state index in [0.717, 1.165) is 0 Å². The second kappa shape index (κ2) is 4.06. The number of ether oxygens (including phenoxy) is 2. The summed E-state index contributed by atoms with van der Waals surface area (Å²) in [6.07, 6.45) is 1.28. The molecule has 0 aliphatic rings. The van der Waals surface area contributed by atoms with Crippen molar-refractivity contribution in [3.63, 3.8) is 0 Å². The van der Waals surface area contributed by atoms with Crippen LogP contribution in [0.4, 0.5) is 0 Å². The van der Waals surface area contributed by atoms with Gasteiger partial charge in [0.25, 0.3) is 0 Å². The molecule has 1 rings (SSSR count). The van der Waals surface area contributed by atoms with Crippen LogP contribution in [-0.4, -0.2) is 41.4 Å². The summed E-state index contributed by atoms with van der Waals surface area (Å²) in [4.78, 5) is 7.51. The molecule has 1 heterocycles. The van der Waals surface area contributed by atoms with E-state index in [0.29, 0.717) is 0 Å². The van der Waals surface area contributed by atoms with Gasteiger partial charge in [-0.1, -0.05) is 0 Å². The highest BCUT2D eigenvalue weighted by atomic mass is 16.5. The van der Waals surface area contributed by atoms with E-state index in [4.69, 9.17) is 19.5 Å². The lowest BCUT2D eigenvalue weighted by atomic mass is 9.86. The molecule has 0 aromatic carbocycles. The third kappa shape index (κ3) is 2.07. The molecule has 1 aromatic heterocycles. The molecule has 0 spiro atoms. The fourth-order valence-corrected chi connectivity index (χ4v) is 0.792. The molecule has 70 valence electrons. The van der Waals surface area contributed by atoms with E-state index >= 15 is 0 Å². The minimum absolute atomic E-state index is 0.0364. The van der Waals surface area contributed by atoms with Crippen LogP contribution in [0.15, 0.2) is 6.20 Å². The normalized spacial score (nSPS) is 9.54. The average Bonchev–Trinajstić information content (AvgIpc) is 2.16. The van der Waals surface area contributed by atoms with Gasteiger partial charge in [0.1, 0.15) is 5.59 Å². The minimum atomic E-state index is -1.70. The van der Waals surface area contributed by atoms with Gasteiger partial charge in [-0.15, -0.1) is 0 Å². The van der Waals surface area contributed by atoms with Crippen LogP contribution in [0.3, 0.4) is 0 Å². The highest BCUT2D eigenvalue weighted by molar-refractivity contribution is 6.58. The van der Waals surface area contributed by atoms with Crippen LogP contribution in [0.25, 0.3) is 0 Å². The fraction of sp³-hybridized carbons (Fsp3) is 0.333. The standard InChI is InChI=1S/C6H9BN2O4/c1-12-4-3-8-5(7(10)11)6(9-4)13-2/h3,10-11H,1-2H3. The Kier molecular flexibility index (Phi) is 3.05. The summed E-state index contributed by atoms with van der Waals surface area (Å²) in [5, 5.41) is 17.7. The molecule has 0 fully saturated rings. The molecule has 0 aliphatic heterocycles. The number of hydrogen-bond donors (Lipinski definition) is 2. The Morgan fingerprint density at radius 2 is 2.00 bits per heavy atom. The third-order valence-corrected chi connectivity index (χ3v) is 1.39. The van der Waals surface area contributed by atoms with Crippen molar-refractivity contribution in [1.29, 1.82) is 0 Å². The largest absolute Gasteiger partial charge is 0.513 e. The Bertz CT molecular complexity index is 294. The molecule has 0 amide bonds. The Labute approximate surface area is 75.3 Å². The molecule has 7 heteroatoms. The van der Waals surface area contributed by atoms with Gasteiger partial charge < -0.3 is 19.5 Å². The highest BCUT2D eigenvalue weighted by Gasteiger charge is 2.20. The lowest BCUT2D eigenvalue weighted by Crippen LogP contribution is -2.34. The van der Waals surface area contributed by atoms with Gasteiger partial charge in [0.15, 0.2) is 0 Å². The predicted octanol–water partition coefficient (Wildman–Crippen LogP) is -1.83. The lowest BCUT2D eigenvalue weighted by molar-refractivity contribution is 0.359. The predicted molar refractivity (Wildman–Crippen MR) is 45.0 cm³/mol. The Morgan fingerprint density at radius 3 is 2.46 bits per heavy atom. The van der Waals surface area contributed by atoms with Gasteiger partial charge in [-0.3, -0.25) is 4.98 Å². The molecule has 0 saturated carbocycles. The maximum atomic E-state index is 8.83. The number of nitrogens with zero attached hydrogens (tertiary/aromatic N) is 2. The zero-order chi connectivity index (χ0) is 9.84. The van der Waals surface area contributed by atoms with Crippen molar-refractivity contribution in [3.8, 4) is 11.8 Å². The number of aromatic nitrogens is 2. The molecule has 0 saturated heterocycles. The molecule has 0 radical (unpaired) electrons. The van der Waals surface area contributed by atoms with Crippen LogP contribution < -0.4 is 15.1 Å². The summed E-state index contributed by atoms with van der Waals surface area (Å²) in [6.45, 7) is 0. The highest BCUT2D eigenvalue weighted by Crippen LogP contribution is 2.08. The van der Waals surface area contributed by atoms with E-state index in [9.17, 15) is 0 Å². The van der Waals surface area contributed by atoms with E-state index in [1.54, 1.807) is 0 Å². The summed E-state index contributed by atoms with van der Waals surface area (Å²) in [5.41, 5.74) is -0.0386. The zero-order valence-corrected chi connectivity index (χ0v) is 7.26. The first-order valence-corrected chi connectivity index (χ1v) is 3.50. The lowest BCUT2D eigenvalue weighted by Gasteiger charge is -2.06. The van der Waals surface area contributed by atoms with Crippen LogP contribution in [0.2, 0.25) is 0 Å². The second-order valence-corrected chi connectivity index (χ2v) is 2.18. The molecule has 6 nitrogen and oxygen atoms in total. The average molecular weight is 184 g/mol. The summed E-state index contributed by atoms with van der Waals surface area (Å²) in [7, 11) is 1.08. The van der Waals surface area contributed by atoms with Gasteiger partial charge in [-0.25, -0.2) is 0 Å². The summed E-state index contributed by atoms with van der Waals surface area (Å²) < 4.78 is 9.55. The van der Waals surface area contributed by atoms with Crippen molar-refractivity contribution in [2.24, 2.45) is 0 Å². The Balaban J connectivity index is 3.08. The second-order valence-electron chi connectivity index (χ2n) is 2.18. The zero-order valence-electron chi connectivity index (χ0n) is 7.26. The molecule has 0 aliphatic carbocycles. The third-order valence-electron chi connectivity index (χ3n) is 1.39. The fourth-order valence-electron chi connectivity index (χ4n) is 0.792. The van der Waals surface area contributed by atoms with E-state index in [-0.39, 0.29) is 17.4 Å². The van der Waals surface area contributed by atoms with Crippen molar-refractivity contribution in [1.82, 2.24) is 9.97 Å². The topological polar surface area (TPSA) is 84.7 Å². The quantitative estimate of drug-likeness (QED) is 0.537. The van der Waals surface area contributed by atoms with Crippen LogP contribution >= 0.6 is 0 Å². The maximum absolute atomic E-state index is 8.83. The van der Waals surface area contributed by atoms with E-state index in [1.165, 1.54) is 20.4 Å². The van der Waals surface area contributed by atoms with Crippen LogP contribution in [0.1, 0.15) is 0 Å². The van der Waals surface area contributed by atoms with Gasteiger partial charge in [-0.05, 0) is 0 Å². The van der Waals surface area contributed by atoms with Gasteiger partial charge in [-0.2, -0.15) is 4.98 Å². The van der Waals surface area contributed by atoms with Crippen molar-refractivity contribution < 1.29 is 19.5 Å². The van der Waals surface area contributed by atoms with Gasteiger partial charge >= 0.3 is 7.12 Å². The van der Waals surface area contributed by atoms with E-state index in [1.807, 2.05) is 0 Å². The number of hydrogen-bond acceptors (Lipinski definition) is 6. The first-order valence-electron chi connectivity index (χ1n) is 3.50. The Morgan fingerprint density at radius 1 is 1.31 bits per heavy atom. The minimum Gasteiger partial charge on any atom is -0.480 e. The van der Waals surface area contributed by atoms with Gasteiger partial charge in [0.05, 0.1) is 20.4 Å². The van der Waals surface area contributed by atoms with Gasteiger partial charge in [0.2, 0.25) is 11.8 Å². The van der Waals surface area contributed by atoms with Crippen LogP contribution in [0.5, 0.6) is 11.8 Å². The summed E-state index contributed by atoms with van der Waals surface area (Å²) >= 11 is 0. The Hall–Kier alpha value is -1.34. The molecular formula is C6H9BN2O4. The van der Waals surface area contributed by atoms with Crippen molar-refractivity contribution in [2.45, 2.75) is 0 Å². The van der Waals surface area contributed by atoms with Crippen molar-refractivity contribution in [2.75, 3.05) is 14.2 Å². The summed E-state index contributed by atoms with van der Waals surface area (Å²) in [5.74, 6) is 0.288. The first kappa shape index (κ1) is 9.75. The molecule has 0 unspecified atom stereocenters. The van der Waals surface area contributed by atoms with E-state index in [2.05, 4.69) is 9.97 Å². The smallest absolute Gasteiger partial charge is 0.480 e. The number of rotatable bonds is 3. The molecule has 0 atom stereocenters.